The molecule has 34 heavy (non-hydrogen) atoms. The van der Waals surface area contributed by atoms with Crippen LogP contribution in [0.25, 0.3) is 0 Å². The quantitative estimate of drug-likeness (QED) is 0.0929. The van der Waals surface area contributed by atoms with Gasteiger partial charge < -0.3 is 10.2 Å². The normalized spacial score (nSPS) is 14.6. The molecule has 0 rings (SSSR count). The van der Waals surface area contributed by atoms with Crippen molar-refractivity contribution in [3.05, 3.63) is 0 Å². The SMILES string of the molecule is CCCCCCCCCCCC(C(=O)O)C(CCCCCCCCCCC)(C(=O)O)S(=O)(=O)O. The summed E-state index contributed by atoms with van der Waals surface area (Å²) in [5.41, 5.74) is 0. The number of rotatable bonds is 24. The molecule has 0 aliphatic rings. The van der Waals surface area contributed by atoms with Crippen molar-refractivity contribution in [3.63, 3.8) is 0 Å². The Morgan fingerprint density at radius 1 is 0.647 bits per heavy atom. The lowest BCUT2D eigenvalue weighted by atomic mass is 9.82. The third kappa shape index (κ3) is 12.5. The molecule has 2 unspecified atom stereocenters. The van der Waals surface area contributed by atoms with Crippen molar-refractivity contribution in [1.29, 1.82) is 0 Å². The van der Waals surface area contributed by atoms with E-state index in [2.05, 4.69) is 13.8 Å². The fourth-order valence-corrected chi connectivity index (χ4v) is 5.96. The minimum absolute atomic E-state index is 0.0747. The highest BCUT2D eigenvalue weighted by Gasteiger charge is 2.58. The monoisotopic (exact) mass is 506 g/mol. The molecular weight excluding hydrogens is 456 g/mol. The molecule has 0 aliphatic carbocycles. The summed E-state index contributed by atoms with van der Waals surface area (Å²) in [5.74, 6) is -4.91. The van der Waals surface area contributed by atoms with Crippen LogP contribution < -0.4 is 0 Å². The van der Waals surface area contributed by atoms with Crippen LogP contribution in [0.1, 0.15) is 142 Å². The van der Waals surface area contributed by atoms with Crippen molar-refractivity contribution in [2.24, 2.45) is 5.92 Å². The van der Waals surface area contributed by atoms with Crippen LogP contribution in [0.4, 0.5) is 0 Å². The number of carbonyl (C=O) groups is 2. The first kappa shape index (κ1) is 32.8. The van der Waals surface area contributed by atoms with Crippen LogP contribution in [0.2, 0.25) is 0 Å². The summed E-state index contributed by atoms with van der Waals surface area (Å²) >= 11 is 0. The lowest BCUT2D eigenvalue weighted by Gasteiger charge is -2.32. The van der Waals surface area contributed by atoms with Crippen molar-refractivity contribution in [1.82, 2.24) is 0 Å². The molecule has 0 radical (unpaired) electrons. The van der Waals surface area contributed by atoms with Gasteiger partial charge in [-0.05, 0) is 12.8 Å². The maximum Gasteiger partial charge on any atom is 0.328 e. The number of hydrogen-bond donors (Lipinski definition) is 3. The molecule has 0 heterocycles. The molecule has 2 atom stereocenters. The highest BCUT2D eigenvalue weighted by atomic mass is 32.2. The second-order valence-corrected chi connectivity index (χ2v) is 11.4. The summed E-state index contributed by atoms with van der Waals surface area (Å²) in [5, 5.41) is 19.6. The van der Waals surface area contributed by atoms with E-state index in [9.17, 15) is 32.8 Å². The third-order valence-corrected chi connectivity index (χ3v) is 8.52. The Hall–Kier alpha value is -1.15. The first-order chi connectivity index (χ1) is 16.1. The molecule has 7 nitrogen and oxygen atoms in total. The van der Waals surface area contributed by atoms with Gasteiger partial charge in [-0.3, -0.25) is 14.1 Å². The number of carboxylic acids is 2. The first-order valence-corrected chi connectivity index (χ1v) is 15.0. The van der Waals surface area contributed by atoms with Gasteiger partial charge in [-0.2, -0.15) is 8.42 Å². The zero-order valence-corrected chi connectivity index (χ0v) is 22.4. The van der Waals surface area contributed by atoms with E-state index in [1.54, 1.807) is 0 Å². The van der Waals surface area contributed by atoms with E-state index >= 15 is 0 Å². The maximum absolute atomic E-state index is 12.3. The molecular formula is C26H50O7S. The Morgan fingerprint density at radius 2 is 1.00 bits per heavy atom. The molecule has 0 saturated carbocycles. The van der Waals surface area contributed by atoms with Gasteiger partial charge in [-0.15, -0.1) is 0 Å². The molecule has 0 spiro atoms. The Labute approximate surface area is 207 Å². The number of carboxylic acid groups (broad SMARTS) is 2. The van der Waals surface area contributed by atoms with Gasteiger partial charge in [0, 0.05) is 0 Å². The molecule has 202 valence electrons. The van der Waals surface area contributed by atoms with E-state index in [1.165, 1.54) is 44.9 Å². The first-order valence-electron chi connectivity index (χ1n) is 13.6. The van der Waals surface area contributed by atoms with Crippen molar-refractivity contribution in [2.75, 3.05) is 0 Å². The molecule has 0 fully saturated rings. The summed E-state index contributed by atoms with van der Waals surface area (Å²) in [6.45, 7) is 4.32. The Kier molecular flexibility index (Phi) is 18.4. The van der Waals surface area contributed by atoms with Gasteiger partial charge >= 0.3 is 11.9 Å². The standard InChI is InChI=1S/C26H50O7S/c1-3-5-7-9-11-13-15-17-19-21-23(24(27)28)26(25(29)30,34(31,32)33)22-20-18-16-14-12-10-8-6-4-2/h23H,3-22H2,1-2H3,(H,27,28)(H,29,30)(H,31,32,33). The maximum atomic E-state index is 12.3. The lowest BCUT2D eigenvalue weighted by Crippen LogP contribution is -2.55. The summed E-state index contributed by atoms with van der Waals surface area (Å²) in [7, 11) is -5.12. The van der Waals surface area contributed by atoms with Crippen LogP contribution in [0.3, 0.4) is 0 Å². The molecule has 0 aromatic carbocycles. The minimum Gasteiger partial charge on any atom is -0.481 e. The summed E-state index contributed by atoms with van der Waals surface area (Å²) < 4.78 is 31.8. The van der Waals surface area contributed by atoms with E-state index in [1.807, 2.05) is 0 Å². The van der Waals surface area contributed by atoms with Gasteiger partial charge in [0.05, 0.1) is 5.92 Å². The molecule has 0 bridgehead atoms. The van der Waals surface area contributed by atoms with E-state index in [4.69, 9.17) is 0 Å². The topological polar surface area (TPSA) is 129 Å². The van der Waals surface area contributed by atoms with E-state index in [0.29, 0.717) is 12.8 Å². The second-order valence-electron chi connectivity index (χ2n) is 9.76. The highest BCUT2D eigenvalue weighted by molar-refractivity contribution is 7.88. The van der Waals surface area contributed by atoms with Crippen LogP contribution in [-0.4, -0.2) is 39.9 Å². The van der Waals surface area contributed by atoms with Gasteiger partial charge in [0.2, 0.25) is 4.75 Å². The second kappa shape index (κ2) is 19.1. The zero-order valence-electron chi connectivity index (χ0n) is 21.6. The highest BCUT2D eigenvalue weighted by Crippen LogP contribution is 2.37. The average molecular weight is 507 g/mol. The minimum atomic E-state index is -5.12. The smallest absolute Gasteiger partial charge is 0.328 e. The molecule has 0 amide bonds. The van der Waals surface area contributed by atoms with Gasteiger partial charge in [0.25, 0.3) is 10.1 Å². The Bertz CT molecular complexity index is 648. The predicted molar refractivity (Wildman–Crippen MR) is 137 cm³/mol. The average Bonchev–Trinajstić information content (AvgIpc) is 2.76. The van der Waals surface area contributed by atoms with Crippen LogP contribution in [0, 0.1) is 5.92 Å². The Morgan fingerprint density at radius 3 is 1.32 bits per heavy atom. The fraction of sp³-hybridized carbons (Fsp3) is 0.923. The van der Waals surface area contributed by atoms with Crippen LogP contribution >= 0.6 is 0 Å². The van der Waals surface area contributed by atoms with Crippen molar-refractivity contribution in [3.8, 4) is 0 Å². The summed E-state index contributed by atoms with van der Waals surface area (Å²) in [6, 6.07) is 0. The van der Waals surface area contributed by atoms with Gasteiger partial charge in [-0.1, -0.05) is 129 Å². The zero-order chi connectivity index (χ0) is 25.9. The Balaban J connectivity index is 4.85. The van der Waals surface area contributed by atoms with Crippen LogP contribution in [0.15, 0.2) is 0 Å². The van der Waals surface area contributed by atoms with Gasteiger partial charge in [0.1, 0.15) is 0 Å². The molecule has 0 saturated heterocycles. The van der Waals surface area contributed by atoms with Gasteiger partial charge in [0.15, 0.2) is 0 Å². The third-order valence-electron chi connectivity index (χ3n) is 6.93. The number of hydrogen-bond acceptors (Lipinski definition) is 4. The molecule has 3 N–H and O–H groups in total. The van der Waals surface area contributed by atoms with E-state index in [0.717, 1.165) is 51.4 Å². The van der Waals surface area contributed by atoms with Crippen molar-refractivity contribution < 1.29 is 32.8 Å². The lowest BCUT2D eigenvalue weighted by molar-refractivity contribution is -0.152. The van der Waals surface area contributed by atoms with Crippen LogP contribution in [0.5, 0.6) is 0 Å². The molecule has 8 heteroatoms. The van der Waals surface area contributed by atoms with E-state index < -0.39 is 32.7 Å². The largest absolute Gasteiger partial charge is 0.481 e. The molecule has 0 aromatic rings. The van der Waals surface area contributed by atoms with E-state index in [-0.39, 0.29) is 19.3 Å². The number of aliphatic carboxylic acids is 2. The van der Waals surface area contributed by atoms with Crippen LogP contribution in [-0.2, 0) is 19.7 Å². The van der Waals surface area contributed by atoms with Crippen molar-refractivity contribution >= 4 is 22.1 Å². The fourth-order valence-electron chi connectivity index (χ4n) is 4.76. The summed E-state index contributed by atoms with van der Waals surface area (Å²) in [4.78, 5) is 24.1. The predicted octanol–water partition coefficient (Wildman–Crippen LogP) is 7.24. The number of unbranched alkanes of at least 4 members (excludes halogenated alkanes) is 16. The van der Waals surface area contributed by atoms with Crippen molar-refractivity contribution in [2.45, 2.75) is 147 Å². The van der Waals surface area contributed by atoms with Gasteiger partial charge in [-0.25, -0.2) is 0 Å². The molecule has 0 aliphatic heterocycles. The summed E-state index contributed by atoms with van der Waals surface area (Å²) in [6.07, 6.45) is 17.0. The molecule has 0 aromatic heterocycles.